The lowest BCUT2D eigenvalue weighted by molar-refractivity contribution is -0.124. The molecular formula is C16H16N6O3. The Balaban J connectivity index is 1.77. The number of carbonyl (C=O) groups is 1. The van der Waals surface area contributed by atoms with Crippen molar-refractivity contribution in [2.24, 2.45) is 0 Å². The van der Waals surface area contributed by atoms with Crippen molar-refractivity contribution in [2.75, 3.05) is 0 Å². The Morgan fingerprint density at radius 1 is 1.28 bits per heavy atom. The van der Waals surface area contributed by atoms with E-state index in [4.69, 9.17) is 4.52 Å². The molecule has 1 amide bonds. The van der Waals surface area contributed by atoms with Gasteiger partial charge in [0.25, 0.3) is 5.56 Å². The summed E-state index contributed by atoms with van der Waals surface area (Å²) in [7, 11) is 0. The van der Waals surface area contributed by atoms with Gasteiger partial charge in [-0.2, -0.15) is 10.1 Å². The molecule has 1 N–H and O–H groups in total. The predicted molar refractivity (Wildman–Crippen MR) is 87.3 cm³/mol. The van der Waals surface area contributed by atoms with E-state index >= 15 is 0 Å². The van der Waals surface area contributed by atoms with Crippen LogP contribution in [0.2, 0.25) is 0 Å². The van der Waals surface area contributed by atoms with Crippen LogP contribution in [-0.2, 0) is 11.3 Å². The summed E-state index contributed by atoms with van der Waals surface area (Å²) in [6.45, 7) is 3.37. The summed E-state index contributed by atoms with van der Waals surface area (Å²) in [6.07, 6.45) is 3.27. The minimum atomic E-state index is -0.793. The third-order valence-electron chi connectivity index (χ3n) is 3.53. The molecule has 0 aromatic carbocycles. The lowest BCUT2D eigenvalue weighted by atomic mass is 10.2. The van der Waals surface area contributed by atoms with Crippen LogP contribution in [0.5, 0.6) is 0 Å². The summed E-state index contributed by atoms with van der Waals surface area (Å²) in [5.74, 6) is 0.404. The van der Waals surface area contributed by atoms with Crippen LogP contribution in [0.1, 0.15) is 24.7 Å². The van der Waals surface area contributed by atoms with Crippen LogP contribution in [0.15, 0.2) is 46.0 Å². The number of amides is 1. The normalized spacial score (nSPS) is 11.9. The van der Waals surface area contributed by atoms with Gasteiger partial charge in [-0.25, -0.2) is 4.68 Å². The van der Waals surface area contributed by atoms with Crippen molar-refractivity contribution in [3.63, 3.8) is 0 Å². The van der Waals surface area contributed by atoms with Gasteiger partial charge in [-0.3, -0.25) is 14.6 Å². The SMILES string of the molecule is Cc1noc(CNC(=O)C(C)n2nc(-c3ccncc3)ccc2=O)n1. The Hall–Kier alpha value is -3.36. The average Bonchev–Trinajstić information content (AvgIpc) is 3.05. The van der Waals surface area contributed by atoms with Gasteiger partial charge in [0.15, 0.2) is 5.82 Å². The first-order valence-corrected chi connectivity index (χ1v) is 7.62. The highest BCUT2D eigenvalue weighted by Gasteiger charge is 2.18. The topological polar surface area (TPSA) is 116 Å². The number of hydrogen-bond acceptors (Lipinski definition) is 7. The fourth-order valence-corrected chi connectivity index (χ4v) is 2.21. The van der Waals surface area contributed by atoms with Gasteiger partial charge in [0, 0.05) is 24.0 Å². The smallest absolute Gasteiger partial charge is 0.267 e. The Bertz CT molecular complexity index is 934. The molecule has 3 heterocycles. The zero-order chi connectivity index (χ0) is 17.8. The predicted octanol–water partition coefficient (Wildman–Crippen LogP) is 0.874. The molecular weight excluding hydrogens is 324 g/mol. The number of aryl methyl sites for hydroxylation is 1. The Labute approximate surface area is 142 Å². The van der Waals surface area contributed by atoms with Crippen LogP contribution < -0.4 is 10.9 Å². The third kappa shape index (κ3) is 3.77. The highest BCUT2D eigenvalue weighted by atomic mass is 16.5. The number of aromatic nitrogens is 5. The van der Waals surface area contributed by atoms with Gasteiger partial charge in [0.2, 0.25) is 11.8 Å². The fourth-order valence-electron chi connectivity index (χ4n) is 2.21. The van der Waals surface area contributed by atoms with Crippen LogP contribution in [0.4, 0.5) is 0 Å². The highest BCUT2D eigenvalue weighted by Crippen LogP contribution is 2.14. The van der Waals surface area contributed by atoms with E-state index in [1.165, 1.54) is 6.07 Å². The molecule has 3 aromatic rings. The van der Waals surface area contributed by atoms with E-state index in [0.29, 0.717) is 17.4 Å². The zero-order valence-electron chi connectivity index (χ0n) is 13.7. The van der Waals surface area contributed by atoms with Crippen molar-refractivity contribution in [1.29, 1.82) is 0 Å². The molecule has 0 bridgehead atoms. The number of nitrogens with zero attached hydrogens (tertiary/aromatic N) is 5. The van der Waals surface area contributed by atoms with Crippen molar-refractivity contribution in [2.45, 2.75) is 26.4 Å². The Kier molecular flexibility index (Phi) is 4.64. The van der Waals surface area contributed by atoms with Crippen LogP contribution in [0, 0.1) is 6.92 Å². The largest absolute Gasteiger partial charge is 0.345 e. The third-order valence-corrected chi connectivity index (χ3v) is 3.53. The molecule has 3 rings (SSSR count). The van der Waals surface area contributed by atoms with Crippen molar-refractivity contribution in [1.82, 2.24) is 30.2 Å². The minimum absolute atomic E-state index is 0.0861. The van der Waals surface area contributed by atoms with Crippen molar-refractivity contribution in [3.05, 3.63) is 58.7 Å². The van der Waals surface area contributed by atoms with Gasteiger partial charge in [0.1, 0.15) is 6.04 Å². The maximum atomic E-state index is 12.3. The summed E-state index contributed by atoms with van der Waals surface area (Å²) < 4.78 is 6.08. The molecule has 1 unspecified atom stereocenters. The van der Waals surface area contributed by atoms with Crippen LogP contribution in [-0.4, -0.2) is 30.8 Å². The van der Waals surface area contributed by atoms with Crippen molar-refractivity contribution in [3.8, 4) is 11.3 Å². The first-order valence-electron chi connectivity index (χ1n) is 7.62. The molecule has 9 nitrogen and oxygen atoms in total. The molecule has 9 heteroatoms. The van der Waals surface area contributed by atoms with Crippen LogP contribution >= 0.6 is 0 Å². The van der Waals surface area contributed by atoms with Crippen LogP contribution in [0.3, 0.4) is 0 Å². The molecule has 0 radical (unpaired) electrons. The standard InChI is InChI=1S/C16H16N6O3/c1-10(16(24)18-9-14-19-11(2)21-25-14)22-15(23)4-3-13(20-22)12-5-7-17-8-6-12/h3-8,10H,9H2,1-2H3,(H,18,24). The molecule has 0 fully saturated rings. The number of pyridine rings is 1. The van der Waals surface area contributed by atoms with Gasteiger partial charge in [-0.1, -0.05) is 5.16 Å². The highest BCUT2D eigenvalue weighted by molar-refractivity contribution is 5.79. The van der Waals surface area contributed by atoms with Crippen molar-refractivity contribution >= 4 is 5.91 Å². The summed E-state index contributed by atoms with van der Waals surface area (Å²) in [4.78, 5) is 32.4. The van der Waals surface area contributed by atoms with E-state index in [1.807, 2.05) is 0 Å². The average molecular weight is 340 g/mol. The summed E-state index contributed by atoms with van der Waals surface area (Å²) >= 11 is 0. The second kappa shape index (κ2) is 7.04. The van der Waals surface area contributed by atoms with Gasteiger partial charge < -0.3 is 9.84 Å². The quantitative estimate of drug-likeness (QED) is 0.732. The van der Waals surface area contributed by atoms with Crippen molar-refractivity contribution < 1.29 is 9.32 Å². The van der Waals surface area contributed by atoms with Gasteiger partial charge >= 0.3 is 0 Å². The maximum absolute atomic E-state index is 12.3. The van der Waals surface area contributed by atoms with E-state index in [2.05, 4.69) is 25.5 Å². The summed E-state index contributed by atoms with van der Waals surface area (Å²) in [6, 6.07) is 5.76. The van der Waals surface area contributed by atoms with E-state index in [-0.39, 0.29) is 18.0 Å². The zero-order valence-corrected chi connectivity index (χ0v) is 13.7. The van der Waals surface area contributed by atoms with E-state index in [1.54, 1.807) is 44.4 Å². The summed E-state index contributed by atoms with van der Waals surface area (Å²) in [5, 5.41) is 10.6. The first-order chi connectivity index (χ1) is 12.0. The molecule has 0 aliphatic rings. The second-order valence-corrected chi connectivity index (χ2v) is 5.37. The Morgan fingerprint density at radius 3 is 2.72 bits per heavy atom. The molecule has 0 saturated heterocycles. The molecule has 128 valence electrons. The second-order valence-electron chi connectivity index (χ2n) is 5.37. The molecule has 0 aliphatic carbocycles. The molecule has 1 atom stereocenters. The lowest BCUT2D eigenvalue weighted by Crippen LogP contribution is -2.36. The molecule has 3 aromatic heterocycles. The van der Waals surface area contributed by atoms with E-state index < -0.39 is 6.04 Å². The number of rotatable bonds is 5. The molecule has 0 spiro atoms. The molecule has 0 aliphatic heterocycles. The summed E-state index contributed by atoms with van der Waals surface area (Å²) in [5.41, 5.74) is 1.01. The number of carbonyl (C=O) groups excluding carboxylic acids is 1. The first kappa shape index (κ1) is 16.5. The lowest BCUT2D eigenvalue weighted by Gasteiger charge is -2.14. The van der Waals surface area contributed by atoms with Gasteiger partial charge in [-0.05, 0) is 32.0 Å². The van der Waals surface area contributed by atoms with E-state index in [0.717, 1.165) is 10.2 Å². The monoisotopic (exact) mass is 340 g/mol. The maximum Gasteiger partial charge on any atom is 0.267 e. The Morgan fingerprint density at radius 2 is 2.04 bits per heavy atom. The van der Waals surface area contributed by atoms with E-state index in [9.17, 15) is 9.59 Å². The molecule has 0 saturated carbocycles. The minimum Gasteiger partial charge on any atom is -0.345 e. The number of hydrogen-bond donors (Lipinski definition) is 1. The molecule has 25 heavy (non-hydrogen) atoms. The van der Waals surface area contributed by atoms with Crippen LogP contribution in [0.25, 0.3) is 11.3 Å². The fraction of sp³-hybridized carbons (Fsp3) is 0.250. The number of nitrogens with one attached hydrogen (secondary N) is 1. The van der Waals surface area contributed by atoms with Gasteiger partial charge in [-0.15, -0.1) is 0 Å². The van der Waals surface area contributed by atoms with Gasteiger partial charge in [0.05, 0.1) is 12.2 Å².